The highest BCUT2D eigenvalue weighted by Crippen LogP contribution is 2.21. The average Bonchev–Trinajstić information content (AvgIpc) is 2.84. The summed E-state index contributed by atoms with van der Waals surface area (Å²) in [6, 6.07) is 5.34. The van der Waals surface area contributed by atoms with Gasteiger partial charge in [0.25, 0.3) is 0 Å². The van der Waals surface area contributed by atoms with E-state index >= 15 is 0 Å². The number of aliphatic imine (C=N–C) groups is 3. The first-order valence-corrected chi connectivity index (χ1v) is 12.3. The fraction of sp³-hybridized carbons (Fsp3) is 0.483. The zero-order valence-corrected chi connectivity index (χ0v) is 21.1. The van der Waals surface area contributed by atoms with Crippen molar-refractivity contribution >= 4 is 24.2 Å². The summed E-state index contributed by atoms with van der Waals surface area (Å²) >= 11 is 0. The Labute approximate surface area is 205 Å². The molecule has 4 nitrogen and oxygen atoms in total. The number of unbranched alkanes of at least 4 members (excludes halogenated alkanes) is 1. The molecule has 34 heavy (non-hydrogen) atoms. The molecule has 0 atom stereocenters. The van der Waals surface area contributed by atoms with Gasteiger partial charge in [-0.1, -0.05) is 42.7 Å². The minimum atomic E-state index is -0.276. The van der Waals surface area contributed by atoms with Crippen LogP contribution < -0.4 is 0 Å². The number of hydrogen-bond donors (Lipinski definition) is 0. The number of benzene rings is 1. The second kappa shape index (κ2) is 15.9. The minimum absolute atomic E-state index is 0.276. The lowest BCUT2D eigenvalue weighted by atomic mass is 10.0. The number of rotatable bonds is 12. The van der Waals surface area contributed by atoms with Crippen molar-refractivity contribution in [2.24, 2.45) is 15.0 Å². The van der Waals surface area contributed by atoms with E-state index in [1.165, 1.54) is 24.1 Å². The molecule has 1 aromatic carbocycles. The number of piperidine rings is 1. The maximum atomic E-state index is 15.0. The fourth-order valence-electron chi connectivity index (χ4n) is 3.96. The van der Waals surface area contributed by atoms with Crippen LogP contribution in [-0.4, -0.2) is 49.8 Å². The highest BCUT2D eigenvalue weighted by Gasteiger charge is 2.14. The van der Waals surface area contributed by atoms with Gasteiger partial charge in [-0.2, -0.15) is 0 Å². The second-order valence-corrected chi connectivity index (χ2v) is 8.58. The number of likely N-dealkylation sites (tertiary alicyclic amines) is 1. The molecular formula is C29H39FN4. The summed E-state index contributed by atoms with van der Waals surface area (Å²) in [6.07, 6.45) is 12.6. The molecule has 182 valence electrons. The Morgan fingerprint density at radius 2 is 2.03 bits per heavy atom. The molecule has 1 aliphatic rings. The van der Waals surface area contributed by atoms with Gasteiger partial charge in [-0.25, -0.2) is 4.39 Å². The first-order chi connectivity index (χ1) is 16.6. The van der Waals surface area contributed by atoms with Crippen LogP contribution in [0.25, 0.3) is 5.57 Å². The summed E-state index contributed by atoms with van der Waals surface area (Å²) in [5, 5.41) is 0. The van der Waals surface area contributed by atoms with Crippen LogP contribution in [0.5, 0.6) is 0 Å². The van der Waals surface area contributed by atoms with Crippen LogP contribution in [0.4, 0.5) is 4.39 Å². The topological polar surface area (TPSA) is 40.3 Å². The van der Waals surface area contributed by atoms with E-state index < -0.39 is 0 Å². The molecule has 1 aromatic rings. The zero-order valence-electron chi connectivity index (χ0n) is 21.1. The Morgan fingerprint density at radius 3 is 2.74 bits per heavy atom. The van der Waals surface area contributed by atoms with E-state index in [2.05, 4.69) is 53.4 Å². The minimum Gasteiger partial charge on any atom is -0.294 e. The van der Waals surface area contributed by atoms with Gasteiger partial charge >= 0.3 is 0 Å². The van der Waals surface area contributed by atoms with E-state index in [-0.39, 0.29) is 5.82 Å². The Hall–Kier alpha value is -2.84. The smallest absolute Gasteiger partial charge is 0.135 e. The number of halogens is 1. The Morgan fingerprint density at radius 1 is 1.24 bits per heavy atom. The Kier molecular flexibility index (Phi) is 12.8. The van der Waals surface area contributed by atoms with E-state index in [9.17, 15) is 4.39 Å². The maximum absolute atomic E-state index is 15.0. The molecule has 1 aliphatic heterocycles. The van der Waals surface area contributed by atoms with Crippen LogP contribution in [0.3, 0.4) is 0 Å². The summed E-state index contributed by atoms with van der Waals surface area (Å²) in [5.74, 6) is 5.46. The lowest BCUT2D eigenvalue weighted by molar-refractivity contribution is 0.284. The van der Waals surface area contributed by atoms with Crippen molar-refractivity contribution in [3.05, 3.63) is 53.0 Å². The standard InChI is InChI=1S/C29H39FN4/c1-5-7-13-25-14-10-15-28(29(25)30)26(21-31-4)22-32-23-34-19-16-27(17-20-34)33-18-9-8-12-24(3)11-6-2/h10-11,14-15,21-22H,4,6,8-9,12-13,16-20,23H2,1-3H3/b24-11+,26-21+,32-22-. The molecule has 1 saturated heterocycles. The van der Waals surface area contributed by atoms with Crippen molar-refractivity contribution in [2.45, 2.75) is 65.7 Å². The van der Waals surface area contributed by atoms with E-state index in [1.54, 1.807) is 31.5 Å². The molecule has 0 bridgehead atoms. The third-order valence-electron chi connectivity index (χ3n) is 5.89. The fourth-order valence-corrected chi connectivity index (χ4v) is 3.96. The first kappa shape index (κ1) is 27.4. The van der Waals surface area contributed by atoms with Crippen molar-refractivity contribution < 1.29 is 4.39 Å². The van der Waals surface area contributed by atoms with Crippen LogP contribution >= 0.6 is 0 Å². The van der Waals surface area contributed by atoms with Gasteiger partial charge in [-0.05, 0) is 59.1 Å². The number of nitrogens with zero attached hydrogens (tertiary/aromatic N) is 4. The first-order valence-electron chi connectivity index (χ1n) is 12.3. The number of hydrogen-bond acceptors (Lipinski definition) is 4. The highest BCUT2D eigenvalue weighted by molar-refractivity contribution is 6.10. The zero-order chi connectivity index (χ0) is 24.6. The van der Waals surface area contributed by atoms with Crippen LogP contribution in [0.15, 0.2) is 51.0 Å². The van der Waals surface area contributed by atoms with Crippen molar-refractivity contribution in [3.8, 4) is 11.8 Å². The third kappa shape index (κ3) is 9.57. The summed E-state index contributed by atoms with van der Waals surface area (Å²) in [4.78, 5) is 15.5. The highest BCUT2D eigenvalue weighted by atomic mass is 19.1. The normalized spacial score (nSPS) is 15.4. The van der Waals surface area contributed by atoms with E-state index in [4.69, 9.17) is 4.99 Å². The molecule has 0 aliphatic carbocycles. The molecular weight excluding hydrogens is 423 g/mol. The SMILES string of the molecule is C=N/C=C(\C=N/CN1CCC(=NCCCC/C(C)=C/CC)CC1)c1cccc(CC#CC)c1F. The lowest BCUT2D eigenvalue weighted by Crippen LogP contribution is -2.34. The molecule has 2 rings (SSSR count). The molecule has 0 spiro atoms. The molecule has 0 N–H and O–H groups in total. The molecule has 0 amide bonds. The van der Waals surface area contributed by atoms with Crippen LogP contribution in [0.1, 0.15) is 70.4 Å². The van der Waals surface area contributed by atoms with Gasteiger partial charge in [0.05, 0.1) is 6.67 Å². The van der Waals surface area contributed by atoms with Gasteiger partial charge in [0.2, 0.25) is 0 Å². The molecule has 1 fully saturated rings. The predicted octanol–water partition coefficient (Wildman–Crippen LogP) is 6.52. The van der Waals surface area contributed by atoms with Gasteiger partial charge in [-0.3, -0.25) is 19.9 Å². The summed E-state index contributed by atoms with van der Waals surface area (Å²) in [5.41, 5.74) is 4.48. The number of allylic oxidation sites excluding steroid dienone is 3. The van der Waals surface area contributed by atoms with Crippen LogP contribution in [0.2, 0.25) is 0 Å². The summed E-state index contributed by atoms with van der Waals surface area (Å²) < 4.78 is 15.0. The Balaban J connectivity index is 1.84. The summed E-state index contributed by atoms with van der Waals surface area (Å²) in [6.45, 7) is 13.1. The second-order valence-electron chi connectivity index (χ2n) is 8.58. The Bertz CT molecular complexity index is 966. The molecule has 0 aromatic heterocycles. The van der Waals surface area contributed by atoms with Gasteiger partial charge in [0, 0.05) is 60.9 Å². The monoisotopic (exact) mass is 462 g/mol. The van der Waals surface area contributed by atoms with Crippen molar-refractivity contribution in [1.29, 1.82) is 0 Å². The van der Waals surface area contributed by atoms with E-state index in [0.29, 0.717) is 29.8 Å². The summed E-state index contributed by atoms with van der Waals surface area (Å²) in [7, 11) is 0. The van der Waals surface area contributed by atoms with E-state index in [0.717, 1.165) is 45.3 Å². The maximum Gasteiger partial charge on any atom is 0.135 e. The van der Waals surface area contributed by atoms with Crippen LogP contribution in [0, 0.1) is 17.7 Å². The van der Waals surface area contributed by atoms with Crippen molar-refractivity contribution in [1.82, 2.24) is 4.90 Å². The molecule has 0 unspecified atom stereocenters. The molecule has 0 radical (unpaired) electrons. The quantitative estimate of drug-likeness (QED) is 0.151. The van der Waals surface area contributed by atoms with Crippen molar-refractivity contribution in [2.75, 3.05) is 26.3 Å². The largest absolute Gasteiger partial charge is 0.294 e. The molecule has 0 saturated carbocycles. The van der Waals surface area contributed by atoms with Gasteiger partial charge in [0.1, 0.15) is 5.82 Å². The third-order valence-corrected chi connectivity index (χ3v) is 5.89. The van der Waals surface area contributed by atoms with Gasteiger partial charge in [-0.15, -0.1) is 5.92 Å². The van der Waals surface area contributed by atoms with E-state index in [1.807, 2.05) is 6.07 Å². The lowest BCUT2D eigenvalue weighted by Gasteiger charge is -2.26. The average molecular weight is 463 g/mol. The van der Waals surface area contributed by atoms with Gasteiger partial charge in [0.15, 0.2) is 0 Å². The predicted molar refractivity (Wildman–Crippen MR) is 145 cm³/mol. The van der Waals surface area contributed by atoms with Crippen LogP contribution in [-0.2, 0) is 6.42 Å². The van der Waals surface area contributed by atoms with Crippen molar-refractivity contribution in [3.63, 3.8) is 0 Å². The molecule has 1 heterocycles. The van der Waals surface area contributed by atoms with Gasteiger partial charge < -0.3 is 0 Å². The molecule has 5 heteroatoms.